The first-order valence-corrected chi connectivity index (χ1v) is 10.3. The van der Waals surface area contributed by atoms with Gasteiger partial charge in [0, 0.05) is 18.1 Å². The van der Waals surface area contributed by atoms with Crippen LogP contribution in [-0.2, 0) is 6.42 Å². The van der Waals surface area contributed by atoms with Crippen molar-refractivity contribution in [3.63, 3.8) is 0 Å². The first-order valence-electron chi connectivity index (χ1n) is 9.12. The molecule has 1 aliphatic heterocycles. The Morgan fingerprint density at radius 3 is 2.46 bits per heavy atom. The molecule has 3 heterocycles. The number of anilines is 1. The van der Waals surface area contributed by atoms with Crippen molar-refractivity contribution in [2.75, 3.05) is 18.0 Å². The highest BCUT2D eigenvalue weighted by Crippen LogP contribution is 2.36. The molecule has 8 heteroatoms. The molecule has 0 atom stereocenters. The van der Waals surface area contributed by atoms with E-state index in [1.165, 1.54) is 11.5 Å². The van der Waals surface area contributed by atoms with Gasteiger partial charge in [0.05, 0.1) is 11.5 Å². The van der Waals surface area contributed by atoms with Crippen LogP contribution in [0.15, 0.2) is 36.4 Å². The van der Waals surface area contributed by atoms with Gasteiger partial charge in [0.1, 0.15) is 11.5 Å². The van der Waals surface area contributed by atoms with Gasteiger partial charge in [0.15, 0.2) is 10.8 Å². The lowest BCUT2D eigenvalue weighted by Crippen LogP contribution is -2.41. The molecule has 1 saturated heterocycles. The first kappa shape index (κ1) is 18.8. The number of aryl methyl sites for hydroxylation is 1. The van der Waals surface area contributed by atoms with Crippen LogP contribution in [0.5, 0.6) is 0 Å². The number of nitrogens with zero attached hydrogens (tertiary/aromatic N) is 6. The van der Waals surface area contributed by atoms with Gasteiger partial charge in [0.2, 0.25) is 0 Å². The van der Waals surface area contributed by atoms with Crippen LogP contribution in [0.4, 0.5) is 5.82 Å². The van der Waals surface area contributed by atoms with Gasteiger partial charge in [-0.3, -0.25) is 0 Å². The zero-order chi connectivity index (χ0) is 19.6. The number of piperidine rings is 1. The monoisotopic (exact) mass is 410 g/mol. The van der Waals surface area contributed by atoms with Crippen LogP contribution < -0.4 is 4.90 Å². The zero-order valence-electron chi connectivity index (χ0n) is 15.5. The summed E-state index contributed by atoms with van der Waals surface area (Å²) in [5.74, 6) is 1.58. The van der Waals surface area contributed by atoms with E-state index in [1.807, 2.05) is 43.3 Å². The van der Waals surface area contributed by atoms with Gasteiger partial charge < -0.3 is 4.90 Å². The Morgan fingerprint density at radius 1 is 1.14 bits per heavy atom. The Kier molecular flexibility index (Phi) is 5.25. The topological polar surface area (TPSA) is 78.6 Å². The molecule has 28 heavy (non-hydrogen) atoms. The summed E-state index contributed by atoms with van der Waals surface area (Å²) in [4.78, 5) is 6.54. The van der Waals surface area contributed by atoms with E-state index >= 15 is 0 Å². The molecule has 1 fully saturated rings. The Hall–Kier alpha value is -2.56. The van der Waals surface area contributed by atoms with Gasteiger partial charge >= 0.3 is 0 Å². The van der Waals surface area contributed by atoms with Crippen LogP contribution in [-0.4, -0.2) is 32.6 Å². The van der Waals surface area contributed by atoms with Gasteiger partial charge in [0.25, 0.3) is 0 Å². The molecule has 1 aromatic carbocycles. The summed E-state index contributed by atoms with van der Waals surface area (Å²) in [5, 5.41) is 20.0. The van der Waals surface area contributed by atoms with Crippen molar-refractivity contribution in [3.05, 3.63) is 52.8 Å². The second-order valence-corrected chi connectivity index (χ2v) is 8.29. The van der Waals surface area contributed by atoms with Crippen LogP contribution >= 0.6 is 23.1 Å². The van der Waals surface area contributed by atoms with Crippen molar-refractivity contribution in [2.24, 2.45) is 5.41 Å². The Balaban J connectivity index is 1.42. The summed E-state index contributed by atoms with van der Waals surface area (Å²) in [6.45, 7) is 3.43. The summed E-state index contributed by atoms with van der Waals surface area (Å²) in [6.07, 6.45) is 2.34. The highest BCUT2D eigenvalue weighted by molar-refractivity contribution is 7.09. The number of hydrogen-bond donors (Lipinski definition) is 0. The average molecular weight is 411 g/mol. The molecule has 0 aliphatic carbocycles. The molecule has 0 bridgehead atoms. The molecule has 0 amide bonds. The van der Waals surface area contributed by atoms with Crippen molar-refractivity contribution >= 4 is 29.0 Å². The molecule has 0 spiro atoms. The third kappa shape index (κ3) is 3.98. The van der Waals surface area contributed by atoms with Crippen molar-refractivity contribution < 1.29 is 0 Å². The second kappa shape index (κ2) is 7.82. The molecule has 6 nitrogen and oxygen atoms in total. The Morgan fingerprint density at radius 2 is 1.89 bits per heavy atom. The van der Waals surface area contributed by atoms with E-state index in [4.69, 9.17) is 11.6 Å². The molecule has 0 saturated carbocycles. The lowest BCUT2D eigenvalue weighted by molar-refractivity contribution is 0.301. The van der Waals surface area contributed by atoms with Crippen LogP contribution in [0.2, 0.25) is 5.02 Å². The minimum absolute atomic E-state index is 0.345. The fourth-order valence-corrected chi connectivity index (χ4v) is 4.25. The van der Waals surface area contributed by atoms with Crippen LogP contribution in [0.1, 0.15) is 24.2 Å². The number of nitriles is 1. The minimum atomic E-state index is -0.345. The molecule has 2 aromatic heterocycles. The molecule has 0 N–H and O–H groups in total. The summed E-state index contributed by atoms with van der Waals surface area (Å²) in [5.41, 5.74) is 1.54. The van der Waals surface area contributed by atoms with E-state index in [-0.39, 0.29) is 5.41 Å². The van der Waals surface area contributed by atoms with Crippen molar-refractivity contribution in [2.45, 2.75) is 26.2 Å². The van der Waals surface area contributed by atoms with Crippen molar-refractivity contribution in [1.82, 2.24) is 19.6 Å². The summed E-state index contributed by atoms with van der Waals surface area (Å²) in [7, 11) is 0. The fraction of sp³-hybridized carbons (Fsp3) is 0.350. The molecular formula is C20H19ClN6S. The van der Waals surface area contributed by atoms with E-state index < -0.39 is 0 Å². The number of benzene rings is 1. The predicted molar refractivity (Wildman–Crippen MR) is 110 cm³/mol. The summed E-state index contributed by atoms with van der Waals surface area (Å²) in [6, 6.07) is 14.3. The standard InChI is InChI=1S/C20H19ClN6S/c1-14-23-19(28-26-14)17-6-7-18(25-24-17)27-10-8-20(13-22,9-11-27)12-15-2-4-16(21)5-3-15/h2-7H,8-12H2,1H3. The van der Waals surface area contributed by atoms with E-state index in [0.717, 1.165) is 65.3 Å². The van der Waals surface area contributed by atoms with Crippen molar-refractivity contribution in [3.8, 4) is 16.8 Å². The second-order valence-electron chi connectivity index (χ2n) is 7.11. The molecule has 1 aliphatic rings. The number of rotatable bonds is 4. The SMILES string of the molecule is Cc1nsc(-c2ccc(N3CCC(C#N)(Cc4ccc(Cl)cc4)CC3)nn2)n1. The number of halogens is 1. The van der Waals surface area contributed by atoms with Crippen LogP contribution in [0.25, 0.3) is 10.7 Å². The maximum atomic E-state index is 9.84. The zero-order valence-corrected chi connectivity index (χ0v) is 17.0. The largest absolute Gasteiger partial charge is 0.355 e. The maximum absolute atomic E-state index is 9.84. The molecule has 3 aromatic rings. The minimum Gasteiger partial charge on any atom is -0.355 e. The summed E-state index contributed by atoms with van der Waals surface area (Å²) >= 11 is 7.30. The number of aromatic nitrogens is 4. The van der Waals surface area contributed by atoms with Gasteiger partial charge in [-0.05, 0) is 67.5 Å². The quantitative estimate of drug-likeness (QED) is 0.637. The van der Waals surface area contributed by atoms with E-state index in [0.29, 0.717) is 0 Å². The highest BCUT2D eigenvalue weighted by atomic mass is 35.5. The highest BCUT2D eigenvalue weighted by Gasteiger charge is 2.35. The molecule has 4 rings (SSSR count). The fourth-order valence-electron chi connectivity index (χ4n) is 3.49. The van der Waals surface area contributed by atoms with Gasteiger partial charge in [-0.25, -0.2) is 4.98 Å². The predicted octanol–water partition coefficient (Wildman–Crippen LogP) is 4.31. The number of hydrogen-bond acceptors (Lipinski definition) is 7. The Labute approximate surface area is 173 Å². The maximum Gasteiger partial charge on any atom is 0.164 e. The third-order valence-electron chi connectivity index (χ3n) is 5.13. The average Bonchev–Trinajstić information content (AvgIpc) is 3.17. The smallest absolute Gasteiger partial charge is 0.164 e. The first-order chi connectivity index (χ1) is 13.6. The van der Waals surface area contributed by atoms with Gasteiger partial charge in [-0.2, -0.15) is 9.64 Å². The van der Waals surface area contributed by atoms with Crippen LogP contribution in [0, 0.1) is 23.7 Å². The lowest BCUT2D eigenvalue weighted by atomic mass is 9.75. The lowest BCUT2D eigenvalue weighted by Gasteiger charge is -2.37. The Bertz CT molecular complexity index is 985. The molecule has 0 radical (unpaired) electrons. The van der Waals surface area contributed by atoms with Gasteiger partial charge in [-0.15, -0.1) is 10.2 Å². The summed E-state index contributed by atoms with van der Waals surface area (Å²) < 4.78 is 4.18. The van der Waals surface area contributed by atoms with E-state index in [1.54, 1.807) is 0 Å². The van der Waals surface area contributed by atoms with Crippen LogP contribution in [0.3, 0.4) is 0 Å². The molecule has 142 valence electrons. The third-order valence-corrected chi connectivity index (χ3v) is 6.22. The molecule has 0 unspecified atom stereocenters. The van der Waals surface area contributed by atoms with E-state index in [2.05, 4.69) is 30.5 Å². The molecular weight excluding hydrogens is 392 g/mol. The van der Waals surface area contributed by atoms with Gasteiger partial charge in [-0.1, -0.05) is 23.7 Å². The van der Waals surface area contributed by atoms with Crippen molar-refractivity contribution in [1.29, 1.82) is 5.26 Å². The van der Waals surface area contributed by atoms with E-state index in [9.17, 15) is 5.26 Å². The normalized spacial score (nSPS) is 16.0.